The van der Waals surface area contributed by atoms with Crippen molar-refractivity contribution in [3.8, 4) is 23.1 Å². The van der Waals surface area contributed by atoms with Gasteiger partial charge in [-0.3, -0.25) is 4.98 Å². The molecule has 0 N–H and O–H groups in total. The molecule has 0 saturated carbocycles. The molecule has 3 aromatic rings. The lowest BCUT2D eigenvalue weighted by molar-refractivity contribution is 0.0254. The van der Waals surface area contributed by atoms with E-state index in [4.69, 9.17) is 19.2 Å². The summed E-state index contributed by atoms with van der Waals surface area (Å²) < 4.78 is 16.9. The number of morpholine rings is 1. The summed E-state index contributed by atoms with van der Waals surface area (Å²) >= 11 is 0. The Bertz CT molecular complexity index is 1150. The van der Waals surface area contributed by atoms with Gasteiger partial charge in [0.05, 0.1) is 56.0 Å². The smallest absolute Gasteiger partial charge is 0.137 e. The van der Waals surface area contributed by atoms with E-state index in [1.165, 1.54) is 0 Å². The number of hydrogen-bond donors (Lipinski definition) is 0. The second-order valence-corrected chi connectivity index (χ2v) is 8.39. The normalized spacial score (nSPS) is 16.7. The molecule has 2 aromatic heterocycles. The molecule has 2 aliphatic heterocycles. The van der Waals surface area contributed by atoms with Crippen LogP contribution in [-0.2, 0) is 15.9 Å². The maximum Gasteiger partial charge on any atom is 0.137 e. The number of anilines is 1. The van der Waals surface area contributed by atoms with Crippen molar-refractivity contribution in [2.75, 3.05) is 44.4 Å². The van der Waals surface area contributed by atoms with E-state index in [1.807, 2.05) is 36.5 Å². The van der Waals surface area contributed by atoms with Crippen molar-refractivity contribution < 1.29 is 14.2 Å². The number of pyridine rings is 1. The van der Waals surface area contributed by atoms with E-state index in [9.17, 15) is 5.26 Å². The minimum absolute atomic E-state index is 0.0829. The molecule has 34 heavy (non-hydrogen) atoms. The Balaban J connectivity index is 1.29. The second-order valence-electron chi connectivity index (χ2n) is 8.39. The van der Waals surface area contributed by atoms with Crippen molar-refractivity contribution in [3.05, 3.63) is 65.9 Å². The van der Waals surface area contributed by atoms with Crippen molar-refractivity contribution in [2.45, 2.75) is 25.4 Å². The van der Waals surface area contributed by atoms with Crippen LogP contribution < -0.4 is 9.64 Å². The summed E-state index contributed by atoms with van der Waals surface area (Å²) in [7, 11) is 0. The van der Waals surface area contributed by atoms with Gasteiger partial charge in [0.1, 0.15) is 23.7 Å². The minimum atomic E-state index is 0.0829. The maximum absolute atomic E-state index is 9.68. The van der Waals surface area contributed by atoms with Gasteiger partial charge in [-0.05, 0) is 36.4 Å². The van der Waals surface area contributed by atoms with Gasteiger partial charge < -0.3 is 19.1 Å². The Morgan fingerprint density at radius 1 is 1.00 bits per heavy atom. The Hall–Kier alpha value is -3.54. The van der Waals surface area contributed by atoms with Crippen LogP contribution >= 0.6 is 0 Å². The fraction of sp³-hybridized carbons (Fsp3) is 0.385. The van der Waals surface area contributed by atoms with Crippen LogP contribution in [0.4, 0.5) is 5.69 Å². The first-order chi connectivity index (χ1) is 16.8. The largest absolute Gasteiger partial charge is 0.489 e. The van der Waals surface area contributed by atoms with Gasteiger partial charge in [0.25, 0.3) is 0 Å². The van der Waals surface area contributed by atoms with Gasteiger partial charge in [0, 0.05) is 43.4 Å². The maximum atomic E-state index is 9.68. The Labute approximate surface area is 199 Å². The first-order valence-corrected chi connectivity index (χ1v) is 11.7. The average molecular weight is 458 g/mol. The summed E-state index contributed by atoms with van der Waals surface area (Å²) in [5.41, 5.74) is 4.14. The lowest BCUT2D eigenvalue weighted by Crippen LogP contribution is -2.36. The van der Waals surface area contributed by atoms with Crippen molar-refractivity contribution in [2.24, 2.45) is 0 Å². The van der Waals surface area contributed by atoms with Crippen LogP contribution in [0.15, 0.2) is 48.8 Å². The van der Waals surface area contributed by atoms with Crippen LogP contribution in [0.1, 0.15) is 29.9 Å². The first-order valence-electron chi connectivity index (χ1n) is 11.7. The monoisotopic (exact) mass is 457 g/mol. The highest BCUT2D eigenvalue weighted by Gasteiger charge is 2.18. The van der Waals surface area contributed by atoms with E-state index in [0.717, 1.165) is 61.8 Å². The van der Waals surface area contributed by atoms with Crippen LogP contribution in [0.5, 0.6) is 5.75 Å². The Morgan fingerprint density at radius 3 is 2.59 bits per heavy atom. The molecule has 1 aromatic carbocycles. The molecule has 0 amide bonds. The van der Waals surface area contributed by atoms with Gasteiger partial charge in [-0.1, -0.05) is 0 Å². The number of hydrogen-bond acceptors (Lipinski definition) is 8. The number of rotatable bonds is 6. The van der Waals surface area contributed by atoms with Crippen molar-refractivity contribution in [3.63, 3.8) is 0 Å². The van der Waals surface area contributed by atoms with E-state index >= 15 is 0 Å². The molecule has 8 heteroatoms. The SMILES string of the molecule is N#Cc1cc(-c2ccnc(Cc3ccc(N4CCOCC4)cn3)n2)ccc1OC1CCOCC1. The predicted octanol–water partition coefficient (Wildman–Crippen LogP) is 3.40. The van der Waals surface area contributed by atoms with Crippen molar-refractivity contribution in [1.29, 1.82) is 5.26 Å². The average Bonchev–Trinajstić information content (AvgIpc) is 2.91. The van der Waals surface area contributed by atoms with Crippen LogP contribution in [0.3, 0.4) is 0 Å². The second kappa shape index (κ2) is 10.6. The molecule has 0 spiro atoms. The zero-order chi connectivity index (χ0) is 23.2. The van der Waals surface area contributed by atoms with Crippen molar-refractivity contribution >= 4 is 5.69 Å². The number of nitrogens with zero attached hydrogens (tertiary/aromatic N) is 5. The van der Waals surface area contributed by atoms with Gasteiger partial charge in [0.2, 0.25) is 0 Å². The highest BCUT2D eigenvalue weighted by molar-refractivity contribution is 5.64. The highest BCUT2D eigenvalue weighted by atomic mass is 16.5. The van der Waals surface area contributed by atoms with Gasteiger partial charge in [-0.2, -0.15) is 5.26 Å². The molecule has 174 valence electrons. The third-order valence-corrected chi connectivity index (χ3v) is 6.09. The standard InChI is InChI=1S/C26H27N5O3/c27-17-20-15-19(1-4-25(20)34-23-6-11-32-12-7-23)24-5-8-28-26(30-24)16-21-2-3-22(18-29-21)31-9-13-33-14-10-31/h1-5,8,15,18,23H,6-7,9-14,16H2. The van der Waals surface area contributed by atoms with Crippen LogP contribution in [0.25, 0.3) is 11.3 Å². The number of aromatic nitrogens is 3. The van der Waals surface area contributed by atoms with Crippen molar-refractivity contribution in [1.82, 2.24) is 15.0 Å². The summed E-state index contributed by atoms with van der Waals surface area (Å²) in [6.45, 7) is 4.65. The quantitative estimate of drug-likeness (QED) is 0.556. The van der Waals surface area contributed by atoms with Crippen LogP contribution in [0, 0.1) is 11.3 Å². The first kappa shape index (κ1) is 22.3. The summed E-state index contributed by atoms with van der Waals surface area (Å²) in [5, 5.41) is 9.68. The lowest BCUT2D eigenvalue weighted by atomic mass is 10.1. The summed E-state index contributed by atoms with van der Waals surface area (Å²) in [6.07, 6.45) is 5.94. The molecule has 4 heterocycles. The zero-order valence-corrected chi connectivity index (χ0v) is 19.0. The van der Waals surface area contributed by atoms with E-state index in [0.29, 0.717) is 36.8 Å². The van der Waals surface area contributed by atoms with Gasteiger partial charge in [-0.15, -0.1) is 0 Å². The number of nitriles is 1. The number of benzene rings is 1. The molecule has 5 rings (SSSR count). The fourth-order valence-electron chi connectivity index (χ4n) is 4.19. The molecule has 0 bridgehead atoms. The molecule has 8 nitrogen and oxygen atoms in total. The van der Waals surface area contributed by atoms with Gasteiger partial charge in [0.15, 0.2) is 0 Å². The Morgan fingerprint density at radius 2 is 1.82 bits per heavy atom. The topological polar surface area (TPSA) is 93.4 Å². The third-order valence-electron chi connectivity index (χ3n) is 6.09. The van der Waals surface area contributed by atoms with E-state index < -0.39 is 0 Å². The minimum Gasteiger partial charge on any atom is -0.489 e. The molecule has 2 fully saturated rings. The Kier molecular flexibility index (Phi) is 6.94. The lowest BCUT2D eigenvalue weighted by Gasteiger charge is -2.28. The van der Waals surface area contributed by atoms with Crippen LogP contribution in [-0.4, -0.2) is 60.6 Å². The number of ether oxygens (including phenoxy) is 3. The highest BCUT2D eigenvalue weighted by Crippen LogP contribution is 2.27. The fourth-order valence-corrected chi connectivity index (χ4v) is 4.19. The van der Waals surface area contributed by atoms with E-state index in [1.54, 1.807) is 6.20 Å². The molecule has 2 aliphatic rings. The molecular weight excluding hydrogens is 430 g/mol. The predicted molar refractivity (Wildman–Crippen MR) is 127 cm³/mol. The summed E-state index contributed by atoms with van der Waals surface area (Å²) in [4.78, 5) is 16.0. The third kappa shape index (κ3) is 5.33. The molecule has 0 unspecified atom stereocenters. The molecule has 0 aliphatic carbocycles. The molecule has 0 radical (unpaired) electrons. The molecular formula is C26H27N5O3. The van der Waals surface area contributed by atoms with Gasteiger partial charge >= 0.3 is 0 Å². The zero-order valence-electron chi connectivity index (χ0n) is 19.0. The van der Waals surface area contributed by atoms with E-state index in [2.05, 4.69) is 27.0 Å². The van der Waals surface area contributed by atoms with E-state index in [-0.39, 0.29) is 6.10 Å². The summed E-state index contributed by atoms with van der Waals surface area (Å²) in [6, 6.07) is 13.9. The summed E-state index contributed by atoms with van der Waals surface area (Å²) in [5.74, 6) is 1.29. The van der Waals surface area contributed by atoms with Crippen LogP contribution in [0.2, 0.25) is 0 Å². The molecule has 0 atom stereocenters. The molecule has 2 saturated heterocycles. The van der Waals surface area contributed by atoms with Gasteiger partial charge in [-0.25, -0.2) is 9.97 Å².